The lowest BCUT2D eigenvalue weighted by atomic mass is 9.87. The van der Waals surface area contributed by atoms with Gasteiger partial charge in [0.05, 0.1) is 11.5 Å². The van der Waals surface area contributed by atoms with Crippen molar-refractivity contribution >= 4 is 9.84 Å². The second-order valence-electron chi connectivity index (χ2n) is 3.95. The van der Waals surface area contributed by atoms with Gasteiger partial charge in [-0.2, -0.15) is 0 Å². The number of rotatable bonds is 3. The maximum atomic E-state index is 11.3. The van der Waals surface area contributed by atoms with Crippen LogP contribution in [0, 0.1) is 11.8 Å². The van der Waals surface area contributed by atoms with Gasteiger partial charge in [0.25, 0.3) is 0 Å². The van der Waals surface area contributed by atoms with E-state index in [0.29, 0.717) is 24.0 Å². The normalized spacial score (nSPS) is 33.1. The predicted molar refractivity (Wildman–Crippen MR) is 54.2 cm³/mol. The first-order chi connectivity index (χ1) is 6.09. The Bertz CT molecular complexity index is 248. The highest BCUT2D eigenvalue weighted by molar-refractivity contribution is 7.91. The minimum atomic E-state index is -2.78. The summed E-state index contributed by atoms with van der Waals surface area (Å²) in [6, 6.07) is 0. The lowest BCUT2D eigenvalue weighted by Crippen LogP contribution is -2.37. The second-order valence-corrected chi connectivity index (χ2v) is 6.18. The van der Waals surface area contributed by atoms with Crippen LogP contribution in [0.2, 0.25) is 0 Å². The average molecular weight is 205 g/mol. The molecule has 13 heavy (non-hydrogen) atoms. The van der Waals surface area contributed by atoms with Gasteiger partial charge < -0.3 is 5.73 Å². The van der Waals surface area contributed by atoms with Gasteiger partial charge >= 0.3 is 0 Å². The zero-order chi connectivity index (χ0) is 9.90. The topological polar surface area (TPSA) is 60.2 Å². The molecule has 0 aromatic carbocycles. The highest BCUT2D eigenvalue weighted by atomic mass is 32.2. The quantitative estimate of drug-likeness (QED) is 0.741. The average Bonchev–Trinajstić information content (AvgIpc) is 2.08. The Morgan fingerprint density at radius 1 is 1.38 bits per heavy atom. The van der Waals surface area contributed by atoms with Crippen LogP contribution >= 0.6 is 0 Å². The third-order valence-electron chi connectivity index (χ3n) is 2.90. The Morgan fingerprint density at radius 3 is 2.62 bits per heavy atom. The summed E-state index contributed by atoms with van der Waals surface area (Å²) in [4.78, 5) is 0. The summed E-state index contributed by atoms with van der Waals surface area (Å²) in [6.07, 6.45) is 3.07. The maximum Gasteiger partial charge on any atom is 0.150 e. The third kappa shape index (κ3) is 2.95. The molecule has 78 valence electrons. The standard InChI is InChI=1S/C9H19NO2S/c1-2-3-8-4-5-13(11,12)7-9(8)6-10/h8-9H,2-7,10H2,1H3. The summed E-state index contributed by atoms with van der Waals surface area (Å²) in [5.41, 5.74) is 5.58. The van der Waals surface area contributed by atoms with Gasteiger partial charge in [0.2, 0.25) is 0 Å². The third-order valence-corrected chi connectivity index (χ3v) is 4.69. The van der Waals surface area contributed by atoms with Gasteiger partial charge in [0, 0.05) is 0 Å². The smallest absolute Gasteiger partial charge is 0.150 e. The number of nitrogens with two attached hydrogens (primary N) is 1. The van der Waals surface area contributed by atoms with Gasteiger partial charge in [0.1, 0.15) is 0 Å². The van der Waals surface area contributed by atoms with E-state index in [-0.39, 0.29) is 5.92 Å². The first kappa shape index (κ1) is 11.0. The van der Waals surface area contributed by atoms with Crippen molar-refractivity contribution in [3.63, 3.8) is 0 Å². The fourth-order valence-electron chi connectivity index (χ4n) is 2.12. The van der Waals surface area contributed by atoms with Crippen molar-refractivity contribution in [1.29, 1.82) is 0 Å². The van der Waals surface area contributed by atoms with Crippen molar-refractivity contribution in [3.05, 3.63) is 0 Å². The molecule has 0 aliphatic carbocycles. The van der Waals surface area contributed by atoms with Gasteiger partial charge in [-0.3, -0.25) is 0 Å². The van der Waals surface area contributed by atoms with E-state index >= 15 is 0 Å². The molecule has 1 saturated heterocycles. The van der Waals surface area contributed by atoms with Crippen LogP contribution in [-0.2, 0) is 9.84 Å². The second kappa shape index (κ2) is 4.42. The van der Waals surface area contributed by atoms with E-state index in [4.69, 9.17) is 5.73 Å². The van der Waals surface area contributed by atoms with E-state index in [0.717, 1.165) is 19.3 Å². The van der Waals surface area contributed by atoms with Gasteiger partial charge in [0.15, 0.2) is 9.84 Å². The maximum absolute atomic E-state index is 11.3. The Labute approximate surface area is 80.6 Å². The van der Waals surface area contributed by atoms with E-state index in [1.807, 2.05) is 0 Å². The van der Waals surface area contributed by atoms with E-state index in [1.165, 1.54) is 0 Å². The summed E-state index contributed by atoms with van der Waals surface area (Å²) in [6.45, 7) is 2.65. The molecule has 0 amide bonds. The van der Waals surface area contributed by atoms with Gasteiger partial charge in [-0.1, -0.05) is 19.8 Å². The van der Waals surface area contributed by atoms with Gasteiger partial charge in [-0.25, -0.2) is 8.42 Å². The van der Waals surface area contributed by atoms with Crippen LogP contribution in [0.4, 0.5) is 0 Å². The number of sulfone groups is 1. The molecule has 0 aromatic heterocycles. The SMILES string of the molecule is CCCC1CCS(=O)(=O)CC1CN. The van der Waals surface area contributed by atoms with E-state index in [1.54, 1.807) is 0 Å². The van der Waals surface area contributed by atoms with Crippen molar-refractivity contribution in [3.8, 4) is 0 Å². The lowest BCUT2D eigenvalue weighted by molar-refractivity contribution is 0.318. The Kier molecular flexibility index (Phi) is 3.74. The van der Waals surface area contributed by atoms with E-state index < -0.39 is 9.84 Å². The largest absolute Gasteiger partial charge is 0.330 e. The Hall–Kier alpha value is -0.0900. The molecule has 1 fully saturated rings. The van der Waals surface area contributed by atoms with Gasteiger partial charge in [-0.05, 0) is 24.8 Å². The van der Waals surface area contributed by atoms with Crippen LogP contribution in [-0.4, -0.2) is 26.5 Å². The fourth-order valence-corrected chi connectivity index (χ4v) is 4.01. The Balaban J connectivity index is 2.60. The number of hydrogen-bond donors (Lipinski definition) is 1. The van der Waals surface area contributed by atoms with Crippen molar-refractivity contribution in [1.82, 2.24) is 0 Å². The first-order valence-electron chi connectivity index (χ1n) is 4.99. The first-order valence-corrected chi connectivity index (χ1v) is 6.81. The van der Waals surface area contributed by atoms with Gasteiger partial charge in [-0.15, -0.1) is 0 Å². The van der Waals surface area contributed by atoms with Crippen LogP contribution < -0.4 is 5.73 Å². The van der Waals surface area contributed by atoms with E-state index in [2.05, 4.69) is 6.92 Å². The monoisotopic (exact) mass is 205 g/mol. The summed E-state index contributed by atoms with van der Waals surface area (Å²) in [5.74, 6) is 1.43. The molecule has 1 heterocycles. The summed E-state index contributed by atoms with van der Waals surface area (Å²) in [7, 11) is -2.78. The molecular weight excluding hydrogens is 186 g/mol. The Morgan fingerprint density at radius 2 is 2.08 bits per heavy atom. The van der Waals surface area contributed by atoms with Crippen molar-refractivity contribution in [2.45, 2.75) is 26.2 Å². The minimum absolute atomic E-state index is 0.207. The molecule has 2 N–H and O–H groups in total. The zero-order valence-electron chi connectivity index (χ0n) is 8.20. The summed E-state index contributed by atoms with van der Waals surface area (Å²) < 4.78 is 22.6. The molecular formula is C9H19NO2S. The minimum Gasteiger partial charge on any atom is -0.330 e. The molecule has 0 bridgehead atoms. The molecule has 1 aliphatic rings. The summed E-state index contributed by atoms with van der Waals surface area (Å²) >= 11 is 0. The van der Waals surface area contributed by atoms with Crippen molar-refractivity contribution in [2.75, 3.05) is 18.1 Å². The van der Waals surface area contributed by atoms with Crippen LogP contribution in [0.15, 0.2) is 0 Å². The summed E-state index contributed by atoms with van der Waals surface area (Å²) in [5, 5.41) is 0. The van der Waals surface area contributed by atoms with Crippen molar-refractivity contribution < 1.29 is 8.42 Å². The van der Waals surface area contributed by atoms with Crippen LogP contribution in [0.1, 0.15) is 26.2 Å². The van der Waals surface area contributed by atoms with Crippen LogP contribution in [0.3, 0.4) is 0 Å². The predicted octanol–water partition coefficient (Wildman–Crippen LogP) is 0.796. The van der Waals surface area contributed by atoms with Crippen LogP contribution in [0.5, 0.6) is 0 Å². The fraction of sp³-hybridized carbons (Fsp3) is 1.00. The lowest BCUT2D eigenvalue weighted by Gasteiger charge is -2.30. The molecule has 1 aliphatic heterocycles. The highest BCUT2D eigenvalue weighted by Crippen LogP contribution is 2.28. The zero-order valence-corrected chi connectivity index (χ0v) is 9.02. The van der Waals surface area contributed by atoms with Crippen molar-refractivity contribution in [2.24, 2.45) is 17.6 Å². The molecule has 3 nitrogen and oxygen atoms in total. The molecule has 2 atom stereocenters. The molecule has 0 saturated carbocycles. The molecule has 0 spiro atoms. The van der Waals surface area contributed by atoms with E-state index in [9.17, 15) is 8.42 Å². The molecule has 4 heteroatoms. The van der Waals surface area contributed by atoms with Crippen LogP contribution in [0.25, 0.3) is 0 Å². The molecule has 0 radical (unpaired) electrons. The highest BCUT2D eigenvalue weighted by Gasteiger charge is 2.31. The molecule has 0 aromatic rings. The molecule has 1 rings (SSSR count). The number of hydrogen-bond acceptors (Lipinski definition) is 3. The molecule has 2 unspecified atom stereocenters.